The van der Waals surface area contributed by atoms with Gasteiger partial charge in [-0.3, -0.25) is 14.3 Å². The Morgan fingerprint density at radius 3 is 2.96 bits per heavy atom. The number of carbonyl (C=O) groups excluding carboxylic acids is 1. The summed E-state index contributed by atoms with van der Waals surface area (Å²) in [6.07, 6.45) is 6.20. The summed E-state index contributed by atoms with van der Waals surface area (Å²) in [4.78, 5) is 29.3. The lowest BCUT2D eigenvalue weighted by atomic mass is 10.1. The van der Waals surface area contributed by atoms with E-state index >= 15 is 0 Å². The molecule has 134 valence electrons. The fourth-order valence-corrected chi connectivity index (χ4v) is 3.56. The van der Waals surface area contributed by atoms with Crippen LogP contribution in [0.3, 0.4) is 0 Å². The third kappa shape index (κ3) is 2.96. The van der Waals surface area contributed by atoms with Crippen LogP contribution in [0.5, 0.6) is 0 Å². The zero-order chi connectivity index (χ0) is 18.1. The fraction of sp³-hybridized carbons (Fsp3) is 0.316. The van der Waals surface area contributed by atoms with Crippen molar-refractivity contribution in [1.29, 1.82) is 0 Å². The van der Waals surface area contributed by atoms with Crippen molar-refractivity contribution < 1.29 is 9.21 Å². The molecule has 0 radical (unpaired) electrons. The predicted octanol–water partition coefficient (Wildman–Crippen LogP) is 2.03. The van der Waals surface area contributed by atoms with E-state index in [-0.39, 0.29) is 18.0 Å². The second-order valence-corrected chi connectivity index (χ2v) is 6.50. The summed E-state index contributed by atoms with van der Waals surface area (Å²) >= 11 is 0. The van der Waals surface area contributed by atoms with Crippen molar-refractivity contribution in [1.82, 2.24) is 19.7 Å². The molecule has 0 aliphatic heterocycles. The maximum absolute atomic E-state index is 13.0. The Bertz CT molecular complexity index is 985. The number of hydrogen-bond acceptors (Lipinski definition) is 4. The number of hydrogen-bond donors (Lipinski definition) is 1. The highest BCUT2D eigenvalue weighted by Gasteiger charge is 2.26. The lowest BCUT2D eigenvalue weighted by molar-refractivity contribution is 0.0713. The number of nitrogens with one attached hydrogen (secondary N) is 1. The van der Waals surface area contributed by atoms with E-state index in [0.29, 0.717) is 12.3 Å². The molecule has 3 heterocycles. The Labute approximate surface area is 150 Å². The van der Waals surface area contributed by atoms with Crippen LogP contribution in [-0.4, -0.2) is 25.6 Å². The number of H-pyrrole nitrogens is 1. The second kappa shape index (κ2) is 6.67. The molecule has 1 aliphatic rings. The quantitative estimate of drug-likeness (QED) is 0.761. The summed E-state index contributed by atoms with van der Waals surface area (Å²) in [7, 11) is 1.94. The molecule has 1 amide bonds. The van der Waals surface area contributed by atoms with Gasteiger partial charge in [-0.2, -0.15) is 5.10 Å². The Kier molecular flexibility index (Phi) is 4.20. The van der Waals surface area contributed by atoms with Gasteiger partial charge in [0.25, 0.3) is 11.5 Å². The van der Waals surface area contributed by atoms with E-state index in [4.69, 9.17) is 4.42 Å². The van der Waals surface area contributed by atoms with Crippen molar-refractivity contribution in [3.63, 3.8) is 0 Å². The average molecular weight is 352 g/mol. The highest BCUT2D eigenvalue weighted by molar-refractivity contribution is 5.93. The van der Waals surface area contributed by atoms with Crippen molar-refractivity contribution >= 4 is 5.91 Å². The standard InChI is InChI=1S/C19H20N4O3/c1-22-17-8-2-6-14(17)16(21-22)12-23(11-13-5-4-10-26-13)19(25)15-7-3-9-20-18(15)24/h3-5,7,9-10H,2,6,8,11-12H2,1H3,(H,20,24). The van der Waals surface area contributed by atoms with Crippen molar-refractivity contribution in [2.45, 2.75) is 32.4 Å². The second-order valence-electron chi connectivity index (χ2n) is 6.50. The number of pyridine rings is 1. The van der Waals surface area contributed by atoms with E-state index in [1.165, 1.54) is 17.5 Å². The van der Waals surface area contributed by atoms with Crippen LogP contribution >= 0.6 is 0 Å². The third-order valence-electron chi connectivity index (χ3n) is 4.80. The summed E-state index contributed by atoms with van der Waals surface area (Å²) in [5.41, 5.74) is 3.08. The highest BCUT2D eigenvalue weighted by Crippen LogP contribution is 2.26. The maximum atomic E-state index is 13.0. The topological polar surface area (TPSA) is 84.1 Å². The van der Waals surface area contributed by atoms with Crippen LogP contribution in [0.15, 0.2) is 45.9 Å². The van der Waals surface area contributed by atoms with Crippen LogP contribution in [-0.2, 0) is 33.0 Å². The van der Waals surface area contributed by atoms with E-state index in [2.05, 4.69) is 10.1 Å². The zero-order valence-electron chi connectivity index (χ0n) is 14.6. The van der Waals surface area contributed by atoms with Gasteiger partial charge >= 0.3 is 0 Å². The number of nitrogens with zero attached hydrogens (tertiary/aromatic N) is 3. The number of carbonyl (C=O) groups is 1. The van der Waals surface area contributed by atoms with Crippen LogP contribution in [0.2, 0.25) is 0 Å². The number of aromatic amines is 1. The first-order chi connectivity index (χ1) is 12.6. The van der Waals surface area contributed by atoms with Crippen LogP contribution in [0.25, 0.3) is 0 Å². The Hall–Kier alpha value is -3.09. The van der Waals surface area contributed by atoms with Crippen molar-refractivity contribution in [2.75, 3.05) is 0 Å². The average Bonchev–Trinajstić information content (AvgIpc) is 3.35. The third-order valence-corrected chi connectivity index (χ3v) is 4.80. The summed E-state index contributed by atoms with van der Waals surface area (Å²) in [5.74, 6) is 0.332. The number of amides is 1. The molecule has 0 saturated heterocycles. The molecule has 0 unspecified atom stereocenters. The molecule has 1 aliphatic carbocycles. The minimum Gasteiger partial charge on any atom is -0.467 e. The number of rotatable bonds is 5. The molecule has 4 rings (SSSR count). The molecule has 0 aromatic carbocycles. The summed E-state index contributed by atoms with van der Waals surface area (Å²) in [6, 6.07) is 6.79. The predicted molar refractivity (Wildman–Crippen MR) is 94.6 cm³/mol. The lowest BCUT2D eigenvalue weighted by Crippen LogP contribution is -2.34. The minimum absolute atomic E-state index is 0.117. The van der Waals surface area contributed by atoms with Gasteiger partial charge in [-0.1, -0.05) is 0 Å². The summed E-state index contributed by atoms with van der Waals surface area (Å²) < 4.78 is 7.32. The Morgan fingerprint density at radius 1 is 1.31 bits per heavy atom. The van der Waals surface area contributed by atoms with Gasteiger partial charge in [-0.05, 0) is 49.1 Å². The van der Waals surface area contributed by atoms with Crippen molar-refractivity contribution in [3.8, 4) is 0 Å². The summed E-state index contributed by atoms with van der Waals surface area (Å²) in [6.45, 7) is 0.628. The Balaban J connectivity index is 1.67. The first-order valence-corrected chi connectivity index (χ1v) is 8.66. The molecular formula is C19H20N4O3. The largest absolute Gasteiger partial charge is 0.467 e. The smallest absolute Gasteiger partial charge is 0.260 e. The van der Waals surface area contributed by atoms with Gasteiger partial charge in [0, 0.05) is 18.9 Å². The van der Waals surface area contributed by atoms with E-state index in [0.717, 1.165) is 25.0 Å². The van der Waals surface area contributed by atoms with Crippen LogP contribution in [0.1, 0.15) is 39.5 Å². The van der Waals surface area contributed by atoms with Gasteiger partial charge in [0.15, 0.2) is 0 Å². The zero-order valence-corrected chi connectivity index (χ0v) is 14.6. The molecule has 0 saturated carbocycles. The molecule has 7 heteroatoms. The van der Waals surface area contributed by atoms with Gasteiger partial charge < -0.3 is 14.3 Å². The molecule has 0 atom stereocenters. The van der Waals surface area contributed by atoms with Crippen molar-refractivity contribution in [3.05, 3.63) is 75.4 Å². The van der Waals surface area contributed by atoms with Gasteiger partial charge in [-0.15, -0.1) is 0 Å². The summed E-state index contributed by atoms with van der Waals surface area (Å²) in [5, 5.41) is 4.61. The molecule has 3 aromatic rings. The molecule has 1 N–H and O–H groups in total. The lowest BCUT2D eigenvalue weighted by Gasteiger charge is -2.21. The van der Waals surface area contributed by atoms with E-state index in [1.54, 1.807) is 29.4 Å². The first kappa shape index (κ1) is 16.4. The normalized spacial score (nSPS) is 13.0. The molecule has 26 heavy (non-hydrogen) atoms. The van der Waals surface area contributed by atoms with Gasteiger partial charge in [0.2, 0.25) is 0 Å². The number of fused-ring (bicyclic) bond motifs is 1. The van der Waals surface area contributed by atoms with Crippen molar-refractivity contribution in [2.24, 2.45) is 7.05 Å². The molecular weight excluding hydrogens is 332 g/mol. The monoisotopic (exact) mass is 352 g/mol. The molecule has 3 aromatic heterocycles. The van der Waals surface area contributed by atoms with Crippen LogP contribution in [0, 0.1) is 0 Å². The molecule has 0 spiro atoms. The van der Waals surface area contributed by atoms with Gasteiger partial charge in [-0.25, -0.2) is 0 Å². The minimum atomic E-state index is -0.395. The molecule has 0 fully saturated rings. The van der Waals surface area contributed by atoms with Gasteiger partial charge in [0.1, 0.15) is 11.3 Å². The number of aromatic nitrogens is 3. The number of aryl methyl sites for hydroxylation is 1. The maximum Gasteiger partial charge on any atom is 0.260 e. The van der Waals surface area contributed by atoms with E-state index in [9.17, 15) is 9.59 Å². The van der Waals surface area contributed by atoms with E-state index < -0.39 is 5.56 Å². The Morgan fingerprint density at radius 2 is 2.19 bits per heavy atom. The molecule has 7 nitrogen and oxygen atoms in total. The SMILES string of the molecule is Cn1nc(CN(Cc2ccco2)C(=O)c2ccc[nH]c2=O)c2c1CCC2. The number of furan rings is 1. The molecule has 0 bridgehead atoms. The van der Waals surface area contributed by atoms with E-state index in [1.807, 2.05) is 17.8 Å². The van der Waals surface area contributed by atoms with Crippen LogP contribution < -0.4 is 5.56 Å². The van der Waals surface area contributed by atoms with Crippen LogP contribution in [0.4, 0.5) is 0 Å². The highest BCUT2D eigenvalue weighted by atomic mass is 16.3. The fourth-order valence-electron chi connectivity index (χ4n) is 3.56. The van der Waals surface area contributed by atoms with Gasteiger partial charge in [0.05, 0.1) is 25.0 Å². The first-order valence-electron chi connectivity index (χ1n) is 8.66.